The predicted molar refractivity (Wildman–Crippen MR) is 239 cm³/mol. The molecule has 3 aromatic heterocycles. The van der Waals surface area contributed by atoms with Crippen LogP contribution < -0.4 is 0 Å². The Labute approximate surface area is 334 Å². The molecular formula is C53H33N5. The van der Waals surface area contributed by atoms with E-state index in [1.54, 1.807) is 0 Å². The van der Waals surface area contributed by atoms with Crippen LogP contribution in [0.2, 0.25) is 0 Å². The summed E-state index contributed by atoms with van der Waals surface area (Å²) >= 11 is 0. The molecule has 0 spiro atoms. The second kappa shape index (κ2) is 12.8. The lowest BCUT2D eigenvalue weighted by atomic mass is 9.94. The quantitative estimate of drug-likeness (QED) is 0.160. The van der Waals surface area contributed by atoms with Gasteiger partial charge in [0.25, 0.3) is 0 Å². The minimum absolute atomic E-state index is 0.639. The molecule has 0 atom stereocenters. The average molecular weight is 740 g/mol. The van der Waals surface area contributed by atoms with E-state index in [4.69, 9.17) is 15.0 Å². The topological polar surface area (TPSA) is 48.5 Å². The van der Waals surface area contributed by atoms with E-state index in [2.05, 4.69) is 149 Å². The molecule has 12 aromatic rings. The van der Waals surface area contributed by atoms with Gasteiger partial charge in [-0.15, -0.1) is 0 Å². The molecule has 5 nitrogen and oxygen atoms in total. The van der Waals surface area contributed by atoms with E-state index in [1.165, 1.54) is 60.2 Å². The number of aromatic nitrogens is 5. The molecule has 0 saturated carbocycles. The smallest absolute Gasteiger partial charge is 0.164 e. The summed E-state index contributed by atoms with van der Waals surface area (Å²) in [6.45, 7) is 0. The highest BCUT2D eigenvalue weighted by molar-refractivity contribution is 6.26. The van der Waals surface area contributed by atoms with E-state index < -0.39 is 0 Å². The minimum atomic E-state index is 0.639. The van der Waals surface area contributed by atoms with Crippen LogP contribution in [-0.2, 0) is 0 Å². The summed E-state index contributed by atoms with van der Waals surface area (Å²) in [6, 6.07) is 71.0. The number of fused-ring (bicyclic) bond motifs is 3. The number of benzene rings is 9. The van der Waals surface area contributed by atoms with Crippen LogP contribution in [0.15, 0.2) is 200 Å². The lowest BCUT2D eigenvalue weighted by Crippen LogP contribution is -2.00. The fourth-order valence-corrected chi connectivity index (χ4v) is 8.91. The number of rotatable bonds is 6. The summed E-state index contributed by atoms with van der Waals surface area (Å²) in [7, 11) is 0. The summed E-state index contributed by atoms with van der Waals surface area (Å²) in [4.78, 5) is 14.8. The van der Waals surface area contributed by atoms with Crippen molar-refractivity contribution in [2.75, 3.05) is 0 Å². The standard InChI is InChI=1S/C53H33N5/c1-4-13-35(14-5-1)51-54-52(36-15-6-2-7-16-36)56-53(55-51)37-23-27-40(28-24-37)57-45-21-11-10-20-42(45)44-33-38(26-31-46(44)57)41-30-32-48-50-43(41)29-25-34-17-12-22-47(49(34)50)58(48)39-18-8-3-9-19-39/h1-33H. The Balaban J connectivity index is 0.984. The first-order valence-corrected chi connectivity index (χ1v) is 19.6. The third-order valence-electron chi connectivity index (χ3n) is 11.5. The molecule has 0 saturated heterocycles. The molecule has 0 N–H and O–H groups in total. The lowest BCUT2D eigenvalue weighted by Gasteiger charge is -2.12. The predicted octanol–water partition coefficient (Wildman–Crippen LogP) is 13.3. The Hall–Kier alpha value is -7.89. The molecule has 0 fully saturated rings. The molecule has 3 heterocycles. The van der Waals surface area contributed by atoms with Crippen molar-refractivity contribution in [2.45, 2.75) is 0 Å². The van der Waals surface area contributed by atoms with Gasteiger partial charge in [0.05, 0.1) is 22.1 Å². The molecule has 0 aliphatic rings. The van der Waals surface area contributed by atoms with Crippen molar-refractivity contribution < 1.29 is 0 Å². The maximum absolute atomic E-state index is 4.96. The van der Waals surface area contributed by atoms with E-state index in [1.807, 2.05) is 60.7 Å². The van der Waals surface area contributed by atoms with Gasteiger partial charge in [0, 0.05) is 49.6 Å². The summed E-state index contributed by atoms with van der Waals surface area (Å²) in [6.07, 6.45) is 0. The molecule has 0 unspecified atom stereocenters. The molecule has 270 valence electrons. The van der Waals surface area contributed by atoms with Gasteiger partial charge in [-0.1, -0.05) is 133 Å². The zero-order chi connectivity index (χ0) is 38.2. The van der Waals surface area contributed by atoms with Gasteiger partial charge in [-0.05, 0) is 88.6 Å². The molecule has 0 radical (unpaired) electrons. The van der Waals surface area contributed by atoms with Gasteiger partial charge in [0.2, 0.25) is 0 Å². The van der Waals surface area contributed by atoms with Gasteiger partial charge in [-0.3, -0.25) is 0 Å². The van der Waals surface area contributed by atoms with Gasteiger partial charge in [0.15, 0.2) is 17.5 Å². The number of hydrogen-bond donors (Lipinski definition) is 0. The van der Waals surface area contributed by atoms with Gasteiger partial charge >= 0.3 is 0 Å². The molecule has 58 heavy (non-hydrogen) atoms. The van der Waals surface area contributed by atoms with Crippen LogP contribution in [0.4, 0.5) is 0 Å². The Bertz CT molecular complexity index is 3420. The van der Waals surface area contributed by atoms with Crippen LogP contribution in [0.1, 0.15) is 0 Å². The highest BCUT2D eigenvalue weighted by atomic mass is 15.0. The maximum atomic E-state index is 4.96. The fourth-order valence-electron chi connectivity index (χ4n) is 8.91. The van der Waals surface area contributed by atoms with E-state index in [0.717, 1.165) is 33.4 Å². The van der Waals surface area contributed by atoms with Crippen LogP contribution >= 0.6 is 0 Å². The van der Waals surface area contributed by atoms with Crippen molar-refractivity contribution in [3.05, 3.63) is 200 Å². The Morgan fingerprint density at radius 2 is 0.810 bits per heavy atom. The van der Waals surface area contributed by atoms with Crippen LogP contribution in [0.5, 0.6) is 0 Å². The normalized spacial score (nSPS) is 11.8. The minimum Gasteiger partial charge on any atom is -0.309 e. The van der Waals surface area contributed by atoms with E-state index in [9.17, 15) is 0 Å². The molecular weight excluding hydrogens is 707 g/mol. The summed E-state index contributed by atoms with van der Waals surface area (Å²) in [5.41, 5.74) is 12.3. The molecule has 12 rings (SSSR count). The fraction of sp³-hybridized carbons (Fsp3) is 0. The monoisotopic (exact) mass is 739 g/mol. The molecule has 0 aliphatic heterocycles. The van der Waals surface area contributed by atoms with Crippen molar-refractivity contribution in [3.63, 3.8) is 0 Å². The first-order chi connectivity index (χ1) is 28.8. The zero-order valence-electron chi connectivity index (χ0n) is 31.3. The number of nitrogens with zero attached hydrogens (tertiary/aromatic N) is 5. The Morgan fingerprint density at radius 3 is 1.52 bits per heavy atom. The first kappa shape index (κ1) is 32.4. The van der Waals surface area contributed by atoms with Crippen LogP contribution in [-0.4, -0.2) is 24.1 Å². The average Bonchev–Trinajstić information content (AvgIpc) is 3.82. The highest BCUT2D eigenvalue weighted by Crippen LogP contribution is 2.44. The summed E-state index contributed by atoms with van der Waals surface area (Å²) in [5, 5.41) is 7.57. The SMILES string of the molecule is c1ccc(-c2nc(-c3ccccc3)nc(-c3ccc(-n4c5ccccc5c5cc(-c6ccc7c8c6ccc6cccc(c68)n7-c6ccccc6)ccc54)cc3)n2)cc1. The first-order valence-electron chi connectivity index (χ1n) is 19.6. The van der Waals surface area contributed by atoms with Gasteiger partial charge in [-0.2, -0.15) is 0 Å². The third-order valence-corrected chi connectivity index (χ3v) is 11.5. The zero-order valence-corrected chi connectivity index (χ0v) is 31.3. The van der Waals surface area contributed by atoms with Crippen LogP contribution in [0, 0.1) is 0 Å². The molecule has 5 heteroatoms. The van der Waals surface area contributed by atoms with Crippen molar-refractivity contribution >= 4 is 54.4 Å². The van der Waals surface area contributed by atoms with Crippen molar-refractivity contribution in [3.8, 4) is 56.7 Å². The van der Waals surface area contributed by atoms with Crippen LogP contribution in [0.25, 0.3) is 111 Å². The molecule has 0 bridgehead atoms. The molecule has 0 amide bonds. The summed E-state index contributed by atoms with van der Waals surface area (Å²) < 4.78 is 4.77. The van der Waals surface area contributed by atoms with E-state index in [-0.39, 0.29) is 0 Å². The second-order valence-corrected chi connectivity index (χ2v) is 14.8. The lowest BCUT2D eigenvalue weighted by molar-refractivity contribution is 1.07. The second-order valence-electron chi connectivity index (χ2n) is 14.8. The van der Waals surface area contributed by atoms with Gasteiger partial charge in [-0.25, -0.2) is 15.0 Å². The Kier molecular flexibility index (Phi) is 7.16. The molecule has 0 aliphatic carbocycles. The van der Waals surface area contributed by atoms with Crippen molar-refractivity contribution in [1.29, 1.82) is 0 Å². The number of hydrogen-bond acceptors (Lipinski definition) is 3. The highest BCUT2D eigenvalue weighted by Gasteiger charge is 2.20. The van der Waals surface area contributed by atoms with Crippen LogP contribution in [0.3, 0.4) is 0 Å². The largest absolute Gasteiger partial charge is 0.309 e. The molecule has 9 aromatic carbocycles. The van der Waals surface area contributed by atoms with E-state index >= 15 is 0 Å². The van der Waals surface area contributed by atoms with Gasteiger partial charge in [0.1, 0.15) is 0 Å². The maximum Gasteiger partial charge on any atom is 0.164 e. The van der Waals surface area contributed by atoms with E-state index in [0.29, 0.717) is 17.5 Å². The van der Waals surface area contributed by atoms with Gasteiger partial charge < -0.3 is 9.13 Å². The summed E-state index contributed by atoms with van der Waals surface area (Å²) in [5.74, 6) is 1.94. The number of para-hydroxylation sites is 2. The Morgan fingerprint density at radius 1 is 0.293 bits per heavy atom. The van der Waals surface area contributed by atoms with Crippen molar-refractivity contribution in [1.82, 2.24) is 24.1 Å². The van der Waals surface area contributed by atoms with Crippen molar-refractivity contribution in [2.24, 2.45) is 0 Å². The third kappa shape index (κ3) is 5.00.